The first kappa shape index (κ1) is 17.2. The highest BCUT2D eigenvalue weighted by atomic mass is 16.5. The molecule has 1 N–H and O–H groups in total. The number of hydrogen-bond acceptors (Lipinski definition) is 5. The summed E-state index contributed by atoms with van der Waals surface area (Å²) in [5.41, 5.74) is 0. The molecule has 0 radical (unpaired) electrons. The molecular weight excluding hydrogens is 256 g/mol. The highest BCUT2D eigenvalue weighted by Crippen LogP contribution is 2.11. The van der Waals surface area contributed by atoms with Crippen LogP contribution in [0.4, 0.5) is 0 Å². The number of methoxy groups -OCH3 is 2. The maximum atomic E-state index is 5.84. The monoisotopic (exact) mass is 284 g/mol. The third-order valence-electron chi connectivity index (χ3n) is 3.00. The molecule has 0 aliphatic rings. The lowest BCUT2D eigenvalue weighted by atomic mass is 10.3. The Hall–Kier alpha value is -0.880. The summed E-state index contributed by atoms with van der Waals surface area (Å²) in [7, 11) is 3.44. The van der Waals surface area contributed by atoms with Gasteiger partial charge in [-0.1, -0.05) is 13.8 Å². The molecule has 0 spiro atoms. The van der Waals surface area contributed by atoms with E-state index in [0.29, 0.717) is 19.3 Å². The zero-order valence-electron chi connectivity index (χ0n) is 13.1. The number of hydrogen-bond donors (Lipinski definition) is 1. The van der Waals surface area contributed by atoms with Gasteiger partial charge in [-0.15, -0.1) is 0 Å². The summed E-state index contributed by atoms with van der Waals surface area (Å²) in [4.78, 5) is 2.27. The van der Waals surface area contributed by atoms with E-state index in [1.54, 1.807) is 14.2 Å². The van der Waals surface area contributed by atoms with Gasteiger partial charge in [-0.3, -0.25) is 4.90 Å². The molecule has 0 aromatic carbocycles. The van der Waals surface area contributed by atoms with Gasteiger partial charge in [-0.05, 0) is 12.1 Å². The van der Waals surface area contributed by atoms with Gasteiger partial charge >= 0.3 is 0 Å². The second-order valence-corrected chi connectivity index (χ2v) is 5.17. The highest BCUT2D eigenvalue weighted by Gasteiger charge is 2.09. The minimum atomic E-state index is 0.462. The van der Waals surface area contributed by atoms with Crippen LogP contribution in [0, 0.1) is 0 Å². The average molecular weight is 284 g/mol. The standard InChI is InChI=1S/C15H28N2O3/c1-13(2)16-11-14-5-6-15(20-14)12-17(7-9-18-3)8-10-19-4/h5-6,13,16H,7-12H2,1-4H3. The van der Waals surface area contributed by atoms with Gasteiger partial charge in [0.1, 0.15) is 11.5 Å². The minimum absolute atomic E-state index is 0.462. The number of furan rings is 1. The van der Waals surface area contributed by atoms with Crippen molar-refractivity contribution in [2.75, 3.05) is 40.5 Å². The van der Waals surface area contributed by atoms with Crippen molar-refractivity contribution in [3.8, 4) is 0 Å². The van der Waals surface area contributed by atoms with Crippen LogP contribution in [-0.2, 0) is 22.6 Å². The van der Waals surface area contributed by atoms with Crippen LogP contribution in [-0.4, -0.2) is 51.5 Å². The number of ether oxygens (including phenoxy) is 2. The van der Waals surface area contributed by atoms with E-state index in [1.165, 1.54) is 0 Å². The van der Waals surface area contributed by atoms with E-state index in [2.05, 4.69) is 24.1 Å². The molecular formula is C15H28N2O3. The van der Waals surface area contributed by atoms with Crippen LogP contribution in [0.25, 0.3) is 0 Å². The van der Waals surface area contributed by atoms with Crippen LogP contribution in [0.2, 0.25) is 0 Å². The van der Waals surface area contributed by atoms with Gasteiger partial charge in [-0.25, -0.2) is 0 Å². The maximum absolute atomic E-state index is 5.84. The predicted octanol–water partition coefficient (Wildman–Crippen LogP) is 1.87. The lowest BCUT2D eigenvalue weighted by Gasteiger charge is -2.20. The summed E-state index contributed by atoms with van der Waals surface area (Å²) in [5, 5.41) is 3.35. The van der Waals surface area contributed by atoms with E-state index < -0.39 is 0 Å². The molecule has 20 heavy (non-hydrogen) atoms. The van der Waals surface area contributed by atoms with Crippen molar-refractivity contribution in [3.63, 3.8) is 0 Å². The second-order valence-electron chi connectivity index (χ2n) is 5.17. The van der Waals surface area contributed by atoms with E-state index in [4.69, 9.17) is 13.9 Å². The summed E-state index contributed by atoms with van der Waals surface area (Å²) >= 11 is 0. The number of rotatable bonds is 11. The third kappa shape index (κ3) is 7.05. The molecule has 0 bridgehead atoms. The molecule has 0 unspecified atom stereocenters. The largest absolute Gasteiger partial charge is 0.463 e. The number of nitrogens with zero attached hydrogens (tertiary/aromatic N) is 1. The van der Waals surface area contributed by atoms with Crippen LogP contribution in [0.1, 0.15) is 25.4 Å². The first-order valence-corrected chi connectivity index (χ1v) is 7.17. The molecule has 0 amide bonds. The van der Waals surface area contributed by atoms with Crippen LogP contribution in [0.3, 0.4) is 0 Å². The fraction of sp³-hybridized carbons (Fsp3) is 0.733. The Bertz CT molecular complexity index is 345. The first-order valence-electron chi connectivity index (χ1n) is 7.17. The molecule has 1 rings (SSSR count). The Morgan fingerprint density at radius 1 is 1.10 bits per heavy atom. The van der Waals surface area contributed by atoms with Crippen LogP contribution in [0.15, 0.2) is 16.5 Å². The van der Waals surface area contributed by atoms with Gasteiger partial charge in [0.2, 0.25) is 0 Å². The lowest BCUT2D eigenvalue weighted by Crippen LogP contribution is -2.30. The van der Waals surface area contributed by atoms with Crippen molar-refractivity contribution in [2.24, 2.45) is 0 Å². The fourth-order valence-electron chi connectivity index (χ4n) is 1.84. The van der Waals surface area contributed by atoms with Gasteiger partial charge < -0.3 is 19.2 Å². The van der Waals surface area contributed by atoms with E-state index in [1.807, 2.05) is 12.1 Å². The average Bonchev–Trinajstić information content (AvgIpc) is 2.87. The van der Waals surface area contributed by atoms with E-state index >= 15 is 0 Å². The summed E-state index contributed by atoms with van der Waals surface area (Å²) in [6, 6.07) is 4.54. The van der Waals surface area contributed by atoms with Gasteiger partial charge in [-0.2, -0.15) is 0 Å². The summed E-state index contributed by atoms with van der Waals surface area (Å²) in [6.45, 7) is 8.99. The molecule has 1 aromatic rings. The molecule has 5 heteroatoms. The second kappa shape index (κ2) is 9.94. The Morgan fingerprint density at radius 2 is 1.70 bits per heavy atom. The van der Waals surface area contributed by atoms with Crippen molar-refractivity contribution in [1.82, 2.24) is 10.2 Å². The molecule has 116 valence electrons. The van der Waals surface area contributed by atoms with Crippen molar-refractivity contribution in [3.05, 3.63) is 23.7 Å². The smallest absolute Gasteiger partial charge is 0.118 e. The molecule has 1 heterocycles. The number of nitrogens with one attached hydrogen (secondary N) is 1. The Morgan fingerprint density at radius 3 is 2.25 bits per heavy atom. The normalized spacial score (nSPS) is 11.7. The molecule has 1 aromatic heterocycles. The van der Waals surface area contributed by atoms with Crippen molar-refractivity contribution < 1.29 is 13.9 Å². The van der Waals surface area contributed by atoms with E-state index in [9.17, 15) is 0 Å². The summed E-state index contributed by atoms with van der Waals surface area (Å²) in [5.74, 6) is 1.96. The van der Waals surface area contributed by atoms with Gasteiger partial charge in [0.05, 0.1) is 26.3 Å². The molecule has 0 atom stereocenters. The minimum Gasteiger partial charge on any atom is -0.463 e. The fourth-order valence-corrected chi connectivity index (χ4v) is 1.84. The van der Waals surface area contributed by atoms with Gasteiger partial charge in [0.15, 0.2) is 0 Å². The van der Waals surface area contributed by atoms with Gasteiger partial charge in [0.25, 0.3) is 0 Å². The Labute approximate surface area is 122 Å². The summed E-state index contributed by atoms with van der Waals surface area (Å²) in [6.07, 6.45) is 0. The SMILES string of the molecule is COCCN(CCOC)Cc1ccc(CNC(C)C)o1. The Balaban J connectivity index is 2.45. The van der Waals surface area contributed by atoms with Crippen LogP contribution < -0.4 is 5.32 Å². The Kier molecular flexibility index (Phi) is 8.53. The molecule has 0 saturated heterocycles. The molecule has 5 nitrogen and oxygen atoms in total. The van der Waals surface area contributed by atoms with Crippen LogP contribution >= 0.6 is 0 Å². The lowest BCUT2D eigenvalue weighted by molar-refractivity contribution is 0.105. The third-order valence-corrected chi connectivity index (χ3v) is 3.00. The van der Waals surface area contributed by atoms with Crippen molar-refractivity contribution >= 4 is 0 Å². The van der Waals surface area contributed by atoms with Gasteiger partial charge in [0, 0.05) is 33.4 Å². The van der Waals surface area contributed by atoms with Crippen molar-refractivity contribution in [1.29, 1.82) is 0 Å². The van der Waals surface area contributed by atoms with Crippen LogP contribution in [0.5, 0.6) is 0 Å². The quantitative estimate of drug-likeness (QED) is 0.672. The highest BCUT2D eigenvalue weighted by molar-refractivity contribution is 5.07. The molecule has 0 aliphatic carbocycles. The van der Waals surface area contributed by atoms with E-state index in [0.717, 1.165) is 37.7 Å². The van der Waals surface area contributed by atoms with E-state index in [-0.39, 0.29) is 0 Å². The first-order chi connectivity index (χ1) is 9.65. The zero-order chi connectivity index (χ0) is 14.8. The maximum Gasteiger partial charge on any atom is 0.118 e. The summed E-state index contributed by atoms with van der Waals surface area (Å²) < 4.78 is 16.1. The molecule has 0 aliphatic heterocycles. The molecule has 0 saturated carbocycles. The topological polar surface area (TPSA) is 46.9 Å². The predicted molar refractivity (Wildman–Crippen MR) is 79.7 cm³/mol. The van der Waals surface area contributed by atoms with Crippen molar-refractivity contribution in [2.45, 2.75) is 33.0 Å². The zero-order valence-corrected chi connectivity index (χ0v) is 13.1. The molecule has 0 fully saturated rings.